The Hall–Kier alpha value is -0.610. The highest BCUT2D eigenvalue weighted by atomic mass is 16.3. The third-order valence-corrected chi connectivity index (χ3v) is 2.88. The number of rotatable bonds is 8. The molecule has 0 aliphatic rings. The topological polar surface area (TPSA) is 61.4 Å². The van der Waals surface area contributed by atoms with E-state index in [9.17, 15) is 9.90 Å². The fourth-order valence-electron chi connectivity index (χ4n) is 1.49. The molecule has 0 saturated carbocycles. The lowest BCUT2D eigenvalue weighted by atomic mass is 10.0. The zero-order valence-corrected chi connectivity index (χ0v) is 11.8. The first-order valence-corrected chi connectivity index (χ1v) is 6.53. The Morgan fingerprint density at radius 1 is 1.18 bits per heavy atom. The van der Waals surface area contributed by atoms with Crippen molar-refractivity contribution in [2.45, 2.75) is 53.1 Å². The van der Waals surface area contributed by atoms with Gasteiger partial charge in [-0.25, -0.2) is 0 Å². The highest BCUT2D eigenvalue weighted by molar-refractivity contribution is 5.81. The van der Waals surface area contributed by atoms with Crippen molar-refractivity contribution in [1.82, 2.24) is 10.6 Å². The molecule has 0 saturated heterocycles. The van der Waals surface area contributed by atoms with Crippen molar-refractivity contribution < 1.29 is 9.90 Å². The van der Waals surface area contributed by atoms with Crippen molar-refractivity contribution in [2.24, 2.45) is 11.8 Å². The minimum absolute atomic E-state index is 0.00440. The first-order valence-electron chi connectivity index (χ1n) is 6.53. The number of nitrogens with one attached hydrogen (secondary N) is 2. The van der Waals surface area contributed by atoms with E-state index >= 15 is 0 Å². The molecule has 0 bridgehead atoms. The van der Waals surface area contributed by atoms with Gasteiger partial charge in [-0.05, 0) is 25.2 Å². The molecule has 0 aromatic carbocycles. The maximum absolute atomic E-state index is 11.7. The van der Waals surface area contributed by atoms with Crippen LogP contribution in [0.4, 0.5) is 0 Å². The summed E-state index contributed by atoms with van der Waals surface area (Å²) >= 11 is 0. The summed E-state index contributed by atoms with van der Waals surface area (Å²) in [6.45, 7) is 10.9. The molecule has 0 aromatic rings. The van der Waals surface area contributed by atoms with Crippen molar-refractivity contribution >= 4 is 5.91 Å². The molecule has 0 radical (unpaired) electrons. The van der Waals surface area contributed by atoms with E-state index in [1.54, 1.807) is 0 Å². The van der Waals surface area contributed by atoms with E-state index in [0.717, 1.165) is 6.42 Å². The fraction of sp³-hybridized carbons (Fsp3) is 0.923. The molecule has 0 aliphatic heterocycles. The monoisotopic (exact) mass is 244 g/mol. The Balaban J connectivity index is 3.95. The van der Waals surface area contributed by atoms with Crippen LogP contribution < -0.4 is 10.6 Å². The van der Waals surface area contributed by atoms with Crippen LogP contribution in [0.2, 0.25) is 0 Å². The van der Waals surface area contributed by atoms with Crippen LogP contribution in [-0.4, -0.2) is 36.2 Å². The second-order valence-corrected chi connectivity index (χ2v) is 5.39. The quantitative estimate of drug-likeness (QED) is 0.600. The fourth-order valence-corrected chi connectivity index (χ4v) is 1.49. The van der Waals surface area contributed by atoms with E-state index in [-0.39, 0.29) is 24.6 Å². The smallest absolute Gasteiger partial charge is 0.236 e. The first-order chi connectivity index (χ1) is 7.88. The summed E-state index contributed by atoms with van der Waals surface area (Å²) in [5.41, 5.74) is 0. The molecule has 0 rings (SSSR count). The number of amides is 1. The van der Waals surface area contributed by atoms with Gasteiger partial charge in [0, 0.05) is 12.6 Å². The predicted octanol–water partition coefficient (Wildman–Crippen LogP) is 1.14. The molecule has 1 unspecified atom stereocenters. The Morgan fingerprint density at radius 2 is 1.76 bits per heavy atom. The summed E-state index contributed by atoms with van der Waals surface area (Å²) in [7, 11) is 0. The van der Waals surface area contributed by atoms with Crippen LogP contribution in [0, 0.1) is 11.8 Å². The Morgan fingerprint density at radius 3 is 2.18 bits per heavy atom. The summed E-state index contributed by atoms with van der Waals surface area (Å²) in [5, 5.41) is 15.2. The molecule has 0 fully saturated rings. The van der Waals surface area contributed by atoms with Crippen molar-refractivity contribution in [2.75, 3.05) is 13.2 Å². The normalized spacial score (nSPS) is 15.1. The number of aliphatic hydroxyl groups excluding tert-OH is 1. The third-order valence-electron chi connectivity index (χ3n) is 2.88. The maximum atomic E-state index is 11.7. The lowest BCUT2D eigenvalue weighted by molar-refractivity contribution is -0.123. The largest absolute Gasteiger partial charge is 0.395 e. The number of carbonyl (C=O) groups excluding carboxylic acids is 1. The van der Waals surface area contributed by atoms with Crippen molar-refractivity contribution in [3.05, 3.63) is 0 Å². The van der Waals surface area contributed by atoms with Gasteiger partial charge < -0.3 is 15.7 Å². The van der Waals surface area contributed by atoms with Crippen LogP contribution in [0.1, 0.15) is 41.0 Å². The molecular formula is C13H28N2O2. The van der Waals surface area contributed by atoms with Gasteiger partial charge in [0.05, 0.1) is 12.6 Å². The molecule has 0 aromatic heterocycles. The van der Waals surface area contributed by atoms with E-state index in [0.29, 0.717) is 18.4 Å². The summed E-state index contributed by atoms with van der Waals surface area (Å²) in [4.78, 5) is 11.7. The minimum Gasteiger partial charge on any atom is -0.395 e. The van der Waals surface area contributed by atoms with Crippen LogP contribution in [0.15, 0.2) is 0 Å². The van der Waals surface area contributed by atoms with E-state index < -0.39 is 0 Å². The molecule has 2 atom stereocenters. The Labute approximate surface area is 105 Å². The van der Waals surface area contributed by atoms with E-state index in [4.69, 9.17) is 0 Å². The van der Waals surface area contributed by atoms with Gasteiger partial charge in [0.2, 0.25) is 5.91 Å². The number of carbonyl (C=O) groups is 1. The van der Waals surface area contributed by atoms with Crippen LogP contribution in [0.25, 0.3) is 0 Å². The standard InChI is InChI=1S/C13H28N2O2/c1-9(2)6-7-14-13(17)11(5)15-12(8-16)10(3)4/h9-12,15-16H,6-8H2,1-5H3,(H,14,17)/t11?,12-/m1/s1. The SMILES string of the molecule is CC(C)CCNC(=O)C(C)N[C@H](CO)C(C)C. The number of hydrogen-bond donors (Lipinski definition) is 3. The van der Waals surface area contributed by atoms with Gasteiger partial charge in [-0.3, -0.25) is 4.79 Å². The zero-order chi connectivity index (χ0) is 13.4. The molecule has 0 spiro atoms. The van der Waals surface area contributed by atoms with Gasteiger partial charge in [0.1, 0.15) is 0 Å². The van der Waals surface area contributed by atoms with Crippen molar-refractivity contribution in [3.63, 3.8) is 0 Å². The van der Waals surface area contributed by atoms with Crippen LogP contribution in [0.3, 0.4) is 0 Å². The average Bonchev–Trinajstić information content (AvgIpc) is 2.24. The minimum atomic E-state index is -0.262. The first kappa shape index (κ1) is 16.4. The summed E-state index contributed by atoms with van der Waals surface area (Å²) < 4.78 is 0. The molecule has 17 heavy (non-hydrogen) atoms. The van der Waals surface area contributed by atoms with Crippen LogP contribution >= 0.6 is 0 Å². The number of aliphatic hydroxyl groups is 1. The zero-order valence-electron chi connectivity index (χ0n) is 11.8. The van der Waals surface area contributed by atoms with Crippen LogP contribution in [0.5, 0.6) is 0 Å². The molecule has 0 aliphatic carbocycles. The molecule has 4 heteroatoms. The highest BCUT2D eigenvalue weighted by Gasteiger charge is 2.19. The highest BCUT2D eigenvalue weighted by Crippen LogP contribution is 2.02. The van der Waals surface area contributed by atoms with Crippen LogP contribution in [-0.2, 0) is 4.79 Å². The maximum Gasteiger partial charge on any atom is 0.236 e. The van der Waals surface area contributed by atoms with Gasteiger partial charge in [-0.1, -0.05) is 27.7 Å². The van der Waals surface area contributed by atoms with Crippen molar-refractivity contribution in [3.8, 4) is 0 Å². The lowest BCUT2D eigenvalue weighted by Crippen LogP contribution is -2.49. The molecule has 1 amide bonds. The number of hydrogen-bond acceptors (Lipinski definition) is 3. The molecule has 102 valence electrons. The van der Waals surface area contributed by atoms with Gasteiger partial charge in [-0.15, -0.1) is 0 Å². The average molecular weight is 244 g/mol. The van der Waals surface area contributed by atoms with Gasteiger partial charge in [0.15, 0.2) is 0 Å². The van der Waals surface area contributed by atoms with Gasteiger partial charge in [-0.2, -0.15) is 0 Å². The summed E-state index contributed by atoms with van der Waals surface area (Å²) in [6, 6.07) is -0.289. The van der Waals surface area contributed by atoms with E-state index in [1.807, 2.05) is 20.8 Å². The van der Waals surface area contributed by atoms with E-state index in [2.05, 4.69) is 24.5 Å². The second-order valence-electron chi connectivity index (χ2n) is 5.39. The summed E-state index contributed by atoms with van der Waals surface area (Å²) in [6.07, 6.45) is 0.992. The Kier molecular flexibility index (Phi) is 8.17. The van der Waals surface area contributed by atoms with Crippen molar-refractivity contribution in [1.29, 1.82) is 0 Å². The van der Waals surface area contributed by atoms with E-state index in [1.165, 1.54) is 0 Å². The Bertz CT molecular complexity index is 217. The molecule has 3 N–H and O–H groups in total. The molecular weight excluding hydrogens is 216 g/mol. The lowest BCUT2D eigenvalue weighted by Gasteiger charge is -2.24. The molecule has 4 nitrogen and oxygen atoms in total. The molecule has 0 heterocycles. The third kappa shape index (κ3) is 7.34. The summed E-state index contributed by atoms with van der Waals surface area (Å²) in [5.74, 6) is 0.912. The van der Waals surface area contributed by atoms with Gasteiger partial charge >= 0.3 is 0 Å². The van der Waals surface area contributed by atoms with Gasteiger partial charge in [0.25, 0.3) is 0 Å². The second kappa shape index (κ2) is 8.48. The predicted molar refractivity (Wildman–Crippen MR) is 70.8 cm³/mol.